The maximum absolute atomic E-state index is 6.83. The number of benzene rings is 3. The van der Waals surface area contributed by atoms with Gasteiger partial charge < -0.3 is 18.9 Å². The fourth-order valence-electron chi connectivity index (χ4n) is 12.5. The zero-order chi connectivity index (χ0) is 33.4. The highest BCUT2D eigenvalue weighted by molar-refractivity contribution is 9.10. The van der Waals surface area contributed by atoms with Gasteiger partial charge in [-0.05, 0) is 59.1 Å². The Labute approximate surface area is 310 Å². The van der Waals surface area contributed by atoms with Crippen LogP contribution in [0.1, 0.15) is 57.1 Å². The van der Waals surface area contributed by atoms with Crippen LogP contribution in [-0.2, 0) is 22.7 Å². The van der Waals surface area contributed by atoms with Crippen LogP contribution in [0.4, 0.5) is 0 Å². The van der Waals surface area contributed by atoms with Crippen LogP contribution in [0.5, 0.6) is 11.5 Å². The van der Waals surface area contributed by atoms with Gasteiger partial charge in [0.15, 0.2) is 0 Å². The molecule has 8 bridgehead atoms. The monoisotopic (exact) mass is 790 g/mol. The normalized spacial score (nSPS) is 39.2. The lowest BCUT2D eigenvalue weighted by Gasteiger charge is -2.52. The Morgan fingerprint density at radius 3 is 1.02 bits per heavy atom. The van der Waals surface area contributed by atoms with Gasteiger partial charge in [-0.1, -0.05) is 105 Å². The van der Waals surface area contributed by atoms with E-state index in [4.69, 9.17) is 18.9 Å². The topological polar surface area (TPSA) is 36.9 Å². The van der Waals surface area contributed by atoms with Gasteiger partial charge in [-0.3, -0.25) is 0 Å². The number of allylic oxidation sites excluding steroid dienone is 4. The van der Waals surface area contributed by atoms with E-state index >= 15 is 0 Å². The molecule has 3 aromatic rings. The standard InChI is InChI=1S/C44H40Br2O4/c1-47-43-37-25-11-13-27(35-31-17-15-29(33(25)35)41(31)49-19-21-3-7-23(45)8-4-21)39(37)44(48-2)40-28-14-12-26(38(40)43)34-30-16-18-32(36(28)34)42(30)50-20-22-5-9-24(46)10-6-22/h3-18,25-36,41-42H,19-20H2,1-2H3/t25-,26+,27+,28-,29+,30-,31-,32+,33-,34+,35+,36-,41?,42?. The lowest BCUT2D eigenvalue weighted by molar-refractivity contribution is 0.0107. The van der Waals surface area contributed by atoms with Crippen LogP contribution < -0.4 is 9.47 Å². The van der Waals surface area contributed by atoms with Gasteiger partial charge in [0.2, 0.25) is 0 Å². The molecule has 0 radical (unpaired) electrons. The molecule has 14 atom stereocenters. The van der Waals surface area contributed by atoms with Crippen LogP contribution in [-0.4, -0.2) is 26.4 Å². The molecule has 2 unspecified atom stereocenters. The molecule has 0 spiro atoms. The molecule has 0 saturated heterocycles. The van der Waals surface area contributed by atoms with Crippen LogP contribution in [0.3, 0.4) is 0 Å². The summed E-state index contributed by atoms with van der Waals surface area (Å²) in [6.07, 6.45) is 20.3. The maximum atomic E-state index is 6.83. The lowest BCUT2D eigenvalue weighted by atomic mass is 9.52. The Balaban J connectivity index is 0.957. The smallest absolute Gasteiger partial charge is 0.127 e. The first-order chi connectivity index (χ1) is 24.6. The SMILES string of the molecule is COc1c2c(c(OC)c3c1[C@@H]1C=C[C@H]3[C@@H]3[C@H]1[C@@H]1C=C[C@H]3C1OCc1ccc(Br)cc1)[C@@H]1C=C[C@H]2[C@@H]2[C@H]1[C@@H]1C=C[C@H]2C1OCc1ccc(Br)cc1. The van der Waals surface area contributed by atoms with E-state index in [-0.39, 0.29) is 35.9 Å². The first kappa shape index (κ1) is 30.7. The van der Waals surface area contributed by atoms with Crippen molar-refractivity contribution in [2.75, 3.05) is 14.2 Å². The van der Waals surface area contributed by atoms with Crippen molar-refractivity contribution in [3.8, 4) is 11.5 Å². The van der Waals surface area contributed by atoms with E-state index in [0.29, 0.717) is 60.6 Å². The molecule has 10 aliphatic carbocycles. The van der Waals surface area contributed by atoms with Gasteiger partial charge in [-0.25, -0.2) is 0 Å². The molecule has 0 N–H and O–H groups in total. The molecule has 2 saturated carbocycles. The van der Waals surface area contributed by atoms with E-state index in [1.54, 1.807) is 0 Å². The second-order valence-corrected chi connectivity index (χ2v) is 17.6. The molecular weight excluding hydrogens is 752 g/mol. The summed E-state index contributed by atoms with van der Waals surface area (Å²) in [7, 11) is 3.82. The fourth-order valence-corrected chi connectivity index (χ4v) is 13.0. The summed E-state index contributed by atoms with van der Waals surface area (Å²) < 4.78 is 29.1. The zero-order valence-corrected chi connectivity index (χ0v) is 31.3. The summed E-state index contributed by atoms with van der Waals surface area (Å²) in [6, 6.07) is 17.1. The fraction of sp³-hybridized carbons (Fsp3) is 0.409. The van der Waals surface area contributed by atoms with Crippen molar-refractivity contribution in [3.63, 3.8) is 0 Å². The average molecular weight is 793 g/mol. The van der Waals surface area contributed by atoms with Gasteiger partial charge in [0.25, 0.3) is 0 Å². The number of ether oxygens (including phenoxy) is 4. The Hall–Kier alpha value is -2.90. The number of hydrogen-bond acceptors (Lipinski definition) is 4. The van der Waals surface area contributed by atoms with Gasteiger partial charge in [0, 0.05) is 78.5 Å². The van der Waals surface area contributed by atoms with Crippen molar-refractivity contribution in [1.29, 1.82) is 0 Å². The zero-order valence-electron chi connectivity index (χ0n) is 28.1. The third-order valence-electron chi connectivity index (χ3n) is 14.0. The maximum Gasteiger partial charge on any atom is 0.127 e. The Kier molecular flexibility index (Phi) is 6.94. The molecule has 4 nitrogen and oxygen atoms in total. The van der Waals surface area contributed by atoms with Gasteiger partial charge in [0.1, 0.15) is 11.5 Å². The van der Waals surface area contributed by atoms with Crippen LogP contribution in [0, 0.1) is 47.3 Å². The molecule has 0 aliphatic heterocycles. The van der Waals surface area contributed by atoms with E-state index in [9.17, 15) is 0 Å². The third-order valence-corrected chi connectivity index (χ3v) is 15.1. The summed E-state index contributed by atoms with van der Waals surface area (Å²) in [6.45, 7) is 1.29. The molecule has 0 amide bonds. The molecule has 2 fully saturated rings. The number of hydrogen-bond donors (Lipinski definition) is 0. The van der Waals surface area contributed by atoms with E-state index < -0.39 is 0 Å². The van der Waals surface area contributed by atoms with E-state index in [1.165, 1.54) is 33.4 Å². The molecule has 6 heteroatoms. The molecule has 50 heavy (non-hydrogen) atoms. The van der Waals surface area contributed by atoms with Crippen LogP contribution >= 0.6 is 31.9 Å². The van der Waals surface area contributed by atoms with E-state index in [1.807, 2.05) is 14.2 Å². The molecule has 0 heterocycles. The molecule has 10 aliphatic rings. The van der Waals surface area contributed by atoms with Crippen LogP contribution in [0.2, 0.25) is 0 Å². The van der Waals surface area contributed by atoms with Crippen molar-refractivity contribution in [2.24, 2.45) is 47.3 Å². The van der Waals surface area contributed by atoms with Crippen LogP contribution in [0.15, 0.2) is 106 Å². The highest BCUT2D eigenvalue weighted by Gasteiger charge is 2.65. The van der Waals surface area contributed by atoms with Crippen molar-refractivity contribution < 1.29 is 18.9 Å². The quantitative estimate of drug-likeness (QED) is 0.213. The molecule has 3 aromatic carbocycles. The summed E-state index contributed by atoms with van der Waals surface area (Å²) in [5.74, 6) is 7.03. The molecular formula is C44H40Br2O4. The third kappa shape index (κ3) is 4.05. The predicted molar refractivity (Wildman–Crippen MR) is 200 cm³/mol. The highest BCUT2D eigenvalue weighted by atomic mass is 79.9. The number of rotatable bonds is 8. The Bertz CT molecular complexity index is 1780. The molecule has 254 valence electrons. The Morgan fingerprint density at radius 1 is 0.440 bits per heavy atom. The molecule has 0 aromatic heterocycles. The molecule has 13 rings (SSSR count). The predicted octanol–water partition coefficient (Wildman–Crippen LogP) is 10.00. The lowest BCUT2D eigenvalue weighted by Crippen LogP contribution is -2.41. The van der Waals surface area contributed by atoms with Gasteiger partial charge in [-0.2, -0.15) is 0 Å². The van der Waals surface area contributed by atoms with Crippen LogP contribution in [0.25, 0.3) is 0 Å². The highest BCUT2D eigenvalue weighted by Crippen LogP contribution is 2.73. The van der Waals surface area contributed by atoms with Crippen molar-refractivity contribution in [2.45, 2.75) is 49.1 Å². The Morgan fingerprint density at radius 2 is 0.740 bits per heavy atom. The largest absolute Gasteiger partial charge is 0.496 e. The number of methoxy groups -OCH3 is 2. The van der Waals surface area contributed by atoms with Crippen molar-refractivity contribution >= 4 is 31.9 Å². The first-order valence-corrected chi connectivity index (χ1v) is 19.9. The summed E-state index contributed by atoms with van der Waals surface area (Å²) in [5, 5.41) is 0. The van der Waals surface area contributed by atoms with Crippen molar-refractivity contribution in [1.82, 2.24) is 0 Å². The summed E-state index contributed by atoms with van der Waals surface area (Å²) >= 11 is 7.15. The van der Waals surface area contributed by atoms with Gasteiger partial charge >= 0.3 is 0 Å². The minimum absolute atomic E-state index is 0.202. The first-order valence-electron chi connectivity index (χ1n) is 18.3. The summed E-state index contributed by atoms with van der Waals surface area (Å²) in [4.78, 5) is 0. The van der Waals surface area contributed by atoms with E-state index in [0.717, 1.165) is 20.4 Å². The second-order valence-electron chi connectivity index (χ2n) is 15.8. The summed E-state index contributed by atoms with van der Waals surface area (Å²) in [5.41, 5.74) is 8.02. The van der Waals surface area contributed by atoms with Gasteiger partial charge in [-0.15, -0.1) is 0 Å². The number of fused-ring (bicyclic) bond motifs is 4. The number of halogens is 2. The van der Waals surface area contributed by atoms with Crippen molar-refractivity contribution in [3.05, 3.63) is 139 Å². The second kappa shape index (κ2) is 11.3. The van der Waals surface area contributed by atoms with Gasteiger partial charge in [0.05, 0.1) is 39.6 Å². The van der Waals surface area contributed by atoms with E-state index in [2.05, 4.69) is 129 Å². The minimum Gasteiger partial charge on any atom is -0.496 e. The minimum atomic E-state index is 0.202. The average Bonchev–Trinajstić information content (AvgIpc) is 3.92.